The number of benzene rings is 2. The highest BCUT2D eigenvalue weighted by molar-refractivity contribution is 5.30. The Kier molecular flexibility index (Phi) is 8.59. The first-order valence-corrected chi connectivity index (χ1v) is 9.73. The SMILES string of the molecule is CC(C)c1cc(F)c(C(C)C)c(F)c1.CC(C)c1ccc(C(C)C)c(F)c1. The van der Waals surface area contributed by atoms with Crippen molar-refractivity contribution >= 4 is 0 Å². The molecule has 0 saturated carbocycles. The first-order valence-electron chi connectivity index (χ1n) is 9.73. The minimum atomic E-state index is -0.427. The Morgan fingerprint density at radius 2 is 0.963 bits per heavy atom. The zero-order valence-electron chi connectivity index (χ0n) is 17.8. The molecule has 0 aliphatic rings. The molecule has 0 unspecified atom stereocenters. The van der Waals surface area contributed by atoms with Gasteiger partial charge in [-0.3, -0.25) is 0 Å². The fraction of sp³-hybridized carbons (Fsp3) is 0.500. The van der Waals surface area contributed by atoms with Crippen LogP contribution >= 0.6 is 0 Å². The van der Waals surface area contributed by atoms with Crippen molar-refractivity contribution in [2.24, 2.45) is 0 Å². The van der Waals surface area contributed by atoms with Crippen molar-refractivity contribution < 1.29 is 13.2 Å². The summed E-state index contributed by atoms with van der Waals surface area (Å²) in [5.41, 5.74) is 2.78. The lowest BCUT2D eigenvalue weighted by molar-refractivity contribution is 0.536. The van der Waals surface area contributed by atoms with E-state index in [4.69, 9.17) is 0 Å². The molecule has 0 N–H and O–H groups in total. The van der Waals surface area contributed by atoms with Crippen LogP contribution in [0.2, 0.25) is 0 Å². The molecule has 0 fully saturated rings. The third kappa shape index (κ3) is 6.41. The van der Waals surface area contributed by atoms with Crippen LogP contribution in [0.4, 0.5) is 13.2 Å². The van der Waals surface area contributed by atoms with Gasteiger partial charge in [-0.05, 0) is 58.6 Å². The summed E-state index contributed by atoms with van der Waals surface area (Å²) < 4.78 is 40.4. The van der Waals surface area contributed by atoms with Gasteiger partial charge in [0.1, 0.15) is 17.5 Å². The topological polar surface area (TPSA) is 0 Å². The van der Waals surface area contributed by atoms with Crippen LogP contribution in [-0.4, -0.2) is 0 Å². The van der Waals surface area contributed by atoms with Gasteiger partial charge in [0, 0.05) is 5.56 Å². The smallest absolute Gasteiger partial charge is 0.129 e. The van der Waals surface area contributed by atoms with Crippen LogP contribution in [0, 0.1) is 17.5 Å². The molecule has 0 aromatic heterocycles. The highest BCUT2D eigenvalue weighted by Gasteiger charge is 2.15. The Morgan fingerprint density at radius 1 is 0.519 bits per heavy atom. The van der Waals surface area contributed by atoms with Gasteiger partial charge in [0.25, 0.3) is 0 Å². The van der Waals surface area contributed by atoms with Crippen molar-refractivity contribution in [1.82, 2.24) is 0 Å². The number of halogens is 3. The second-order valence-electron chi connectivity index (χ2n) is 8.30. The lowest BCUT2D eigenvalue weighted by Gasteiger charge is -2.12. The van der Waals surface area contributed by atoms with Crippen LogP contribution in [0.5, 0.6) is 0 Å². The molecule has 0 radical (unpaired) electrons. The third-order valence-electron chi connectivity index (χ3n) is 4.66. The van der Waals surface area contributed by atoms with Crippen LogP contribution < -0.4 is 0 Å². The van der Waals surface area contributed by atoms with E-state index in [1.54, 1.807) is 19.9 Å². The third-order valence-corrected chi connectivity index (χ3v) is 4.66. The lowest BCUT2D eigenvalue weighted by atomic mass is 9.96. The van der Waals surface area contributed by atoms with E-state index in [9.17, 15) is 13.2 Å². The second-order valence-corrected chi connectivity index (χ2v) is 8.30. The Hall–Kier alpha value is -1.77. The van der Waals surface area contributed by atoms with E-state index in [0.29, 0.717) is 11.5 Å². The fourth-order valence-electron chi connectivity index (χ4n) is 2.86. The minimum Gasteiger partial charge on any atom is -0.207 e. The number of rotatable bonds is 4. The quantitative estimate of drug-likeness (QED) is 0.502. The van der Waals surface area contributed by atoms with Gasteiger partial charge in [0.2, 0.25) is 0 Å². The molecule has 0 nitrogen and oxygen atoms in total. The summed E-state index contributed by atoms with van der Waals surface area (Å²) in [5, 5.41) is 0. The average molecular weight is 379 g/mol. The second kappa shape index (κ2) is 9.96. The van der Waals surface area contributed by atoms with Crippen LogP contribution in [0.1, 0.15) is 101 Å². The maximum atomic E-state index is 13.5. The van der Waals surface area contributed by atoms with Gasteiger partial charge < -0.3 is 0 Å². The predicted molar refractivity (Wildman–Crippen MR) is 109 cm³/mol. The number of hydrogen-bond donors (Lipinski definition) is 0. The lowest BCUT2D eigenvalue weighted by Crippen LogP contribution is -2.01. The van der Waals surface area contributed by atoms with Gasteiger partial charge in [0.05, 0.1) is 0 Å². The Labute approximate surface area is 162 Å². The molecular formula is C24H33F3. The summed E-state index contributed by atoms with van der Waals surface area (Å²) >= 11 is 0. The summed E-state index contributed by atoms with van der Waals surface area (Å²) in [7, 11) is 0. The van der Waals surface area contributed by atoms with Crippen molar-refractivity contribution in [3.63, 3.8) is 0 Å². The molecule has 0 saturated heterocycles. The Morgan fingerprint density at radius 3 is 1.30 bits per heavy atom. The molecule has 3 heteroatoms. The monoisotopic (exact) mass is 378 g/mol. The highest BCUT2D eigenvalue weighted by Crippen LogP contribution is 2.26. The first kappa shape index (κ1) is 23.3. The molecule has 0 aliphatic heterocycles. The minimum absolute atomic E-state index is 0.0683. The summed E-state index contributed by atoms with van der Waals surface area (Å²) in [6.45, 7) is 15.6. The molecular weight excluding hydrogens is 345 g/mol. The van der Waals surface area contributed by atoms with Gasteiger partial charge in [-0.1, -0.05) is 67.5 Å². The zero-order chi connectivity index (χ0) is 20.9. The first-order chi connectivity index (χ1) is 12.5. The Bertz CT molecular complexity index is 720. The van der Waals surface area contributed by atoms with Crippen molar-refractivity contribution in [2.45, 2.75) is 79.1 Å². The largest absolute Gasteiger partial charge is 0.207 e. The van der Waals surface area contributed by atoms with Gasteiger partial charge >= 0.3 is 0 Å². The van der Waals surface area contributed by atoms with E-state index in [1.165, 1.54) is 12.1 Å². The molecule has 2 aromatic carbocycles. The van der Waals surface area contributed by atoms with E-state index in [2.05, 4.69) is 13.8 Å². The Balaban J connectivity index is 0.000000271. The van der Waals surface area contributed by atoms with E-state index >= 15 is 0 Å². The highest BCUT2D eigenvalue weighted by atomic mass is 19.1. The van der Waals surface area contributed by atoms with Crippen LogP contribution in [0.15, 0.2) is 30.3 Å². The van der Waals surface area contributed by atoms with Crippen LogP contribution in [-0.2, 0) is 0 Å². The van der Waals surface area contributed by atoms with Crippen molar-refractivity contribution in [3.8, 4) is 0 Å². The number of hydrogen-bond acceptors (Lipinski definition) is 0. The van der Waals surface area contributed by atoms with E-state index in [1.807, 2.05) is 39.8 Å². The molecule has 0 heterocycles. The predicted octanol–water partition coefficient (Wildman–Crippen LogP) is 8.28. The maximum absolute atomic E-state index is 13.5. The summed E-state index contributed by atoms with van der Waals surface area (Å²) in [6.07, 6.45) is 0. The van der Waals surface area contributed by atoms with Crippen molar-refractivity contribution in [3.05, 3.63) is 70.0 Å². The van der Waals surface area contributed by atoms with Crippen LogP contribution in [0.25, 0.3) is 0 Å². The molecule has 150 valence electrons. The molecule has 27 heavy (non-hydrogen) atoms. The average Bonchev–Trinajstić information content (AvgIpc) is 2.53. The van der Waals surface area contributed by atoms with Gasteiger partial charge in [-0.2, -0.15) is 0 Å². The zero-order valence-corrected chi connectivity index (χ0v) is 17.8. The maximum Gasteiger partial charge on any atom is 0.129 e. The standard InChI is InChI=1S/C12H16F2.C12H17F/c1-7(2)9-5-10(13)12(8(3)4)11(14)6-9;1-8(2)10-5-6-11(9(3)4)12(13)7-10/h5-8H,1-4H3;5-9H,1-4H3. The van der Waals surface area contributed by atoms with E-state index in [-0.39, 0.29) is 29.1 Å². The fourth-order valence-corrected chi connectivity index (χ4v) is 2.86. The molecule has 2 rings (SSSR count). The molecule has 0 bridgehead atoms. The van der Waals surface area contributed by atoms with E-state index < -0.39 is 11.6 Å². The van der Waals surface area contributed by atoms with Gasteiger partial charge in [-0.15, -0.1) is 0 Å². The van der Waals surface area contributed by atoms with Gasteiger partial charge in [-0.25, -0.2) is 13.2 Å². The van der Waals surface area contributed by atoms with Gasteiger partial charge in [0.15, 0.2) is 0 Å². The molecule has 0 amide bonds. The van der Waals surface area contributed by atoms with Crippen molar-refractivity contribution in [2.75, 3.05) is 0 Å². The molecule has 2 aromatic rings. The van der Waals surface area contributed by atoms with Crippen LogP contribution in [0.3, 0.4) is 0 Å². The van der Waals surface area contributed by atoms with Crippen molar-refractivity contribution in [1.29, 1.82) is 0 Å². The normalized spacial score (nSPS) is 11.4. The molecule has 0 aliphatic carbocycles. The summed E-state index contributed by atoms with van der Waals surface area (Å²) in [5.74, 6) is -0.220. The summed E-state index contributed by atoms with van der Waals surface area (Å²) in [4.78, 5) is 0. The summed E-state index contributed by atoms with van der Waals surface area (Å²) in [6, 6.07) is 8.44. The molecule has 0 spiro atoms. The van der Waals surface area contributed by atoms with E-state index in [0.717, 1.165) is 11.1 Å². The molecule has 0 atom stereocenters.